The molecule has 0 aliphatic heterocycles. The third kappa shape index (κ3) is 32.5. The third-order valence-electron chi connectivity index (χ3n) is 3.18. The van der Waals surface area contributed by atoms with Gasteiger partial charge in [-0.05, 0) is 6.42 Å². The van der Waals surface area contributed by atoms with Gasteiger partial charge < -0.3 is 0 Å². The number of unbranched alkanes of at least 4 members (excludes halogenated alkanes) is 9. The Hall–Kier alpha value is 0.340. The molecule has 0 radical (unpaired) electrons. The second kappa shape index (κ2) is 16.5. The zero-order valence-electron chi connectivity index (χ0n) is 16.7. The Bertz CT molecular complexity index is 417. The standard InChI is InChI=1S/C12H26O4S.C5H9O2.Na/c1-2-3-4-5-6-7-8-9-10-11-12-16-17(13,14)15;1-5(2,3)7-4-6;/h2-12H2,1H3,(H,13,14,15);1-3H3;. The maximum atomic E-state index is 10.3. The molecule has 0 spiro atoms. The number of rotatable bonds is 12. The van der Waals surface area contributed by atoms with Crippen molar-refractivity contribution in [2.45, 2.75) is 97.5 Å². The van der Waals surface area contributed by atoms with Crippen molar-refractivity contribution in [2.24, 2.45) is 0 Å². The summed E-state index contributed by atoms with van der Waals surface area (Å²) in [6.07, 6.45) is 11.9. The molecule has 0 aliphatic rings. The molecule has 0 fully saturated rings. The molecule has 0 amide bonds. The molecular weight excluding hydrogens is 355 g/mol. The molecule has 0 aromatic heterocycles. The largest absolute Gasteiger partial charge is 0.397 e. The van der Waals surface area contributed by atoms with E-state index in [1.54, 1.807) is 0 Å². The van der Waals surface area contributed by atoms with Crippen LogP contribution in [0.4, 0.5) is 4.79 Å². The van der Waals surface area contributed by atoms with Gasteiger partial charge in [0.25, 0.3) is 0 Å². The van der Waals surface area contributed by atoms with Crippen molar-refractivity contribution < 1.29 is 26.7 Å². The van der Waals surface area contributed by atoms with E-state index in [4.69, 9.17) is 9.29 Å². The van der Waals surface area contributed by atoms with Gasteiger partial charge in [-0.3, -0.25) is 4.55 Å². The molecule has 1 N–H and O–H groups in total. The second-order valence-corrected chi connectivity index (χ2v) is 9.05. The van der Waals surface area contributed by atoms with Crippen molar-refractivity contribution in [3.63, 3.8) is 0 Å². The van der Waals surface area contributed by atoms with Crippen molar-refractivity contribution in [3.05, 3.63) is 0 Å². The van der Waals surface area contributed by atoms with Gasteiger partial charge >= 0.3 is 77.5 Å². The van der Waals surface area contributed by atoms with Gasteiger partial charge in [0.15, 0.2) is 0 Å². The van der Waals surface area contributed by atoms with Gasteiger partial charge in [-0.25, -0.2) is 4.18 Å². The fourth-order valence-electron chi connectivity index (χ4n) is 2.18. The van der Waals surface area contributed by atoms with Crippen LogP contribution in [0.3, 0.4) is 0 Å². The fourth-order valence-corrected chi connectivity index (χ4v) is 3.13. The quantitative estimate of drug-likeness (QED) is 0.292. The third-order valence-corrected chi connectivity index (χ3v) is 3.85. The Morgan fingerprint density at radius 1 is 0.920 bits per heavy atom. The summed E-state index contributed by atoms with van der Waals surface area (Å²) in [6, 6.07) is 0. The number of hydrogen-bond acceptors (Lipinski definition) is 5. The van der Waals surface area contributed by atoms with Crippen molar-refractivity contribution in [1.29, 1.82) is 0 Å². The zero-order chi connectivity index (χ0) is 19.8. The van der Waals surface area contributed by atoms with E-state index in [0.29, 0.717) is 34.4 Å². The van der Waals surface area contributed by atoms with E-state index in [0.717, 1.165) is 12.8 Å². The summed E-state index contributed by atoms with van der Waals surface area (Å²) in [5, 5.41) is 0. The molecule has 0 aliphatic carbocycles. The maximum Gasteiger partial charge on any atom is 0.397 e. The van der Waals surface area contributed by atoms with Crippen LogP contribution in [-0.2, 0) is 19.3 Å². The molecule has 0 saturated heterocycles. The van der Waals surface area contributed by atoms with E-state index in [2.05, 4.69) is 11.1 Å². The molecule has 0 bridgehead atoms. The summed E-state index contributed by atoms with van der Waals surface area (Å²) in [4.78, 5) is 10.3. The normalized spacial score (nSPS) is 11.6. The summed E-state index contributed by atoms with van der Waals surface area (Å²) >= 11 is 0.489. The van der Waals surface area contributed by atoms with Crippen LogP contribution in [0.5, 0.6) is 0 Å². The van der Waals surface area contributed by atoms with Gasteiger partial charge in [-0.1, -0.05) is 64.7 Å². The predicted molar refractivity (Wildman–Crippen MR) is 101 cm³/mol. The minimum Gasteiger partial charge on any atom is -0.264 e. The maximum absolute atomic E-state index is 10.3. The number of ether oxygens (including phenoxy) is 1. The van der Waals surface area contributed by atoms with Gasteiger partial charge in [0.05, 0.1) is 6.61 Å². The Balaban J connectivity index is 0. The first kappa shape index (κ1) is 27.6. The van der Waals surface area contributed by atoms with Crippen LogP contribution < -0.4 is 0 Å². The Kier molecular flexibility index (Phi) is 18.2. The van der Waals surface area contributed by atoms with Gasteiger partial charge in [-0.15, -0.1) is 0 Å². The van der Waals surface area contributed by atoms with Crippen LogP contribution >= 0.6 is 0 Å². The van der Waals surface area contributed by atoms with E-state index in [1.165, 1.54) is 44.9 Å². The van der Waals surface area contributed by atoms with E-state index in [9.17, 15) is 13.2 Å². The minimum absolute atomic E-state index is 0.0856. The second-order valence-electron chi connectivity index (χ2n) is 7.14. The molecule has 0 rings (SSSR count). The van der Waals surface area contributed by atoms with Gasteiger partial charge in [0.2, 0.25) is 0 Å². The molecular formula is C17H35NaO6S. The van der Waals surface area contributed by atoms with E-state index >= 15 is 0 Å². The topological polar surface area (TPSA) is 89.9 Å². The fraction of sp³-hybridized carbons (Fsp3) is 0.941. The predicted octanol–water partition coefficient (Wildman–Crippen LogP) is 4.82. The summed E-state index contributed by atoms with van der Waals surface area (Å²) in [5.41, 5.74) is -0.293. The van der Waals surface area contributed by atoms with Crippen LogP contribution in [0.2, 0.25) is 0 Å². The SMILES string of the molecule is CC(C)(C)O[C](=O)[Na].CCCCCCCCCCCCOS(=O)(=O)O. The van der Waals surface area contributed by atoms with Crippen LogP contribution in [0.25, 0.3) is 0 Å². The summed E-state index contributed by atoms with van der Waals surface area (Å²) < 4.78 is 37.8. The molecule has 0 saturated carbocycles. The van der Waals surface area contributed by atoms with Crippen molar-refractivity contribution >= 4 is 41.5 Å². The average Bonchev–Trinajstić information content (AvgIpc) is 2.41. The number of carbonyl (C=O) groups is 1. The first-order chi connectivity index (χ1) is 11.5. The smallest absolute Gasteiger partial charge is 0.264 e. The Morgan fingerprint density at radius 2 is 1.32 bits per heavy atom. The zero-order valence-corrected chi connectivity index (χ0v) is 19.5. The minimum atomic E-state index is -4.23. The van der Waals surface area contributed by atoms with Crippen molar-refractivity contribution in [1.82, 2.24) is 0 Å². The molecule has 0 heterocycles. The summed E-state index contributed by atoms with van der Waals surface area (Å²) in [5.74, 6) is 0. The number of carbonyl (C=O) groups excluding carboxylic acids is 1. The first-order valence-corrected chi connectivity index (χ1v) is 11.7. The molecule has 25 heavy (non-hydrogen) atoms. The molecule has 0 unspecified atom stereocenters. The van der Waals surface area contributed by atoms with E-state index < -0.39 is 10.4 Å². The van der Waals surface area contributed by atoms with Gasteiger partial charge in [0, 0.05) is 0 Å². The summed E-state index contributed by atoms with van der Waals surface area (Å²) in [6.45, 7) is 7.90. The van der Waals surface area contributed by atoms with Crippen molar-refractivity contribution in [3.8, 4) is 0 Å². The van der Waals surface area contributed by atoms with Crippen LogP contribution in [-0.4, -0.2) is 56.3 Å². The molecule has 6 nitrogen and oxygen atoms in total. The van der Waals surface area contributed by atoms with Crippen LogP contribution in [0, 0.1) is 0 Å². The molecule has 0 aromatic carbocycles. The molecule has 146 valence electrons. The molecule has 8 heteroatoms. The number of hydrogen-bond donors (Lipinski definition) is 1. The van der Waals surface area contributed by atoms with Gasteiger partial charge in [-0.2, -0.15) is 8.42 Å². The monoisotopic (exact) mass is 390 g/mol. The van der Waals surface area contributed by atoms with E-state index in [-0.39, 0.29) is 15.4 Å². The van der Waals surface area contributed by atoms with Crippen molar-refractivity contribution in [2.75, 3.05) is 6.61 Å². The Labute approximate surface area is 171 Å². The molecule has 0 aromatic rings. The van der Waals surface area contributed by atoms with Crippen LogP contribution in [0.15, 0.2) is 0 Å². The summed E-state index contributed by atoms with van der Waals surface area (Å²) in [7, 11) is -4.23. The van der Waals surface area contributed by atoms with E-state index in [1.807, 2.05) is 20.8 Å². The average molecular weight is 391 g/mol. The van der Waals surface area contributed by atoms with Crippen LogP contribution in [0.1, 0.15) is 91.9 Å². The Morgan fingerprint density at radius 3 is 1.60 bits per heavy atom. The first-order valence-electron chi connectivity index (χ1n) is 9.29. The molecule has 0 atom stereocenters. The van der Waals surface area contributed by atoms with Gasteiger partial charge in [0.1, 0.15) is 0 Å².